The monoisotopic (exact) mass is 325 g/mol. The van der Waals surface area contributed by atoms with E-state index in [9.17, 15) is 4.79 Å². The van der Waals surface area contributed by atoms with Crippen molar-refractivity contribution in [1.82, 2.24) is 0 Å². The normalized spacial score (nSPS) is 11.1. The predicted molar refractivity (Wildman–Crippen MR) is 94.7 cm³/mol. The number of hydrogen-bond acceptors (Lipinski definition) is 5. The van der Waals surface area contributed by atoms with Gasteiger partial charge in [0.2, 0.25) is 0 Å². The topological polar surface area (TPSA) is 104 Å². The summed E-state index contributed by atoms with van der Waals surface area (Å²) in [7, 11) is 0. The fourth-order valence-corrected chi connectivity index (χ4v) is 2.29. The Labute approximate surface area is 158 Å². The molecule has 0 aromatic heterocycles. The average molecular weight is 325 g/mol. The second-order valence-corrected chi connectivity index (χ2v) is 6.03. The molecule has 0 amide bonds. The third-order valence-electron chi connectivity index (χ3n) is 3.66. The molecule has 0 aliphatic heterocycles. The van der Waals surface area contributed by atoms with Gasteiger partial charge in [0.15, 0.2) is 0 Å². The van der Waals surface area contributed by atoms with E-state index in [0.29, 0.717) is 6.42 Å². The summed E-state index contributed by atoms with van der Waals surface area (Å²) in [6.45, 7) is 2.15. The Balaban J connectivity index is 0. The van der Waals surface area contributed by atoms with Crippen molar-refractivity contribution < 1.29 is 9.53 Å². The molecule has 0 aromatic rings. The van der Waals surface area contributed by atoms with Crippen molar-refractivity contribution in [3.05, 3.63) is 0 Å². The Morgan fingerprint density at radius 1 is 0.909 bits per heavy atom. The van der Waals surface area contributed by atoms with Crippen LogP contribution in [0.4, 0.5) is 0 Å². The third-order valence-corrected chi connectivity index (χ3v) is 3.66. The van der Waals surface area contributed by atoms with E-state index < -0.39 is 11.6 Å². The molecule has 0 saturated carbocycles. The van der Waals surface area contributed by atoms with Crippen LogP contribution in [0.3, 0.4) is 0 Å². The summed E-state index contributed by atoms with van der Waals surface area (Å²) in [5.74, 6) is -0.460. The number of hydrogen-bond donors (Lipinski definition) is 3. The van der Waals surface area contributed by atoms with E-state index in [4.69, 9.17) is 21.9 Å². The van der Waals surface area contributed by atoms with Gasteiger partial charge in [-0.3, -0.25) is 4.79 Å². The molecular formula is C16H36N3NaO2. The van der Waals surface area contributed by atoms with Gasteiger partial charge >= 0.3 is 35.5 Å². The standard InChI is InChI=1S/C16H35N3O2.Na.H/c1-2-3-4-5-6-7-8-9-10-11-12-16(18,19)14-21-15(20)13-17;;/h2-14,17-19H2,1H3;;. The Bertz CT molecular complexity index is 264. The number of ether oxygens (including phenoxy) is 1. The average Bonchev–Trinajstić information content (AvgIpc) is 2.46. The van der Waals surface area contributed by atoms with Gasteiger partial charge < -0.3 is 21.9 Å². The number of rotatable bonds is 14. The Hall–Kier alpha value is 0.350. The van der Waals surface area contributed by atoms with Crippen molar-refractivity contribution in [2.45, 2.75) is 83.2 Å². The number of nitrogens with two attached hydrogens (primary N) is 3. The molecule has 0 unspecified atom stereocenters. The minimum absolute atomic E-state index is 0. The van der Waals surface area contributed by atoms with Gasteiger partial charge in [0.25, 0.3) is 0 Å². The molecule has 0 spiro atoms. The van der Waals surface area contributed by atoms with Gasteiger partial charge in [0.05, 0.1) is 12.2 Å². The van der Waals surface area contributed by atoms with Crippen molar-refractivity contribution in [2.75, 3.05) is 13.2 Å². The molecule has 0 fully saturated rings. The molecule has 0 aliphatic carbocycles. The molecule has 128 valence electrons. The van der Waals surface area contributed by atoms with Crippen LogP contribution in [0.15, 0.2) is 0 Å². The zero-order valence-corrected chi connectivity index (χ0v) is 13.7. The molecule has 0 heterocycles. The van der Waals surface area contributed by atoms with Crippen LogP contribution in [0.25, 0.3) is 0 Å². The zero-order chi connectivity index (χ0) is 16.0. The van der Waals surface area contributed by atoms with Gasteiger partial charge in [-0.05, 0) is 6.42 Å². The third kappa shape index (κ3) is 16.7. The number of carbonyl (C=O) groups is 1. The predicted octanol–water partition coefficient (Wildman–Crippen LogP) is 1.76. The van der Waals surface area contributed by atoms with Crippen molar-refractivity contribution >= 4 is 35.5 Å². The van der Waals surface area contributed by atoms with E-state index in [1.807, 2.05) is 0 Å². The van der Waals surface area contributed by atoms with E-state index in [-0.39, 0.29) is 42.7 Å². The number of carbonyl (C=O) groups excluding carboxylic acids is 1. The Morgan fingerprint density at radius 3 is 1.82 bits per heavy atom. The summed E-state index contributed by atoms with van der Waals surface area (Å²) in [4.78, 5) is 10.9. The van der Waals surface area contributed by atoms with Gasteiger partial charge in [0, 0.05) is 0 Å². The first kappa shape index (κ1) is 24.6. The molecule has 0 atom stereocenters. The van der Waals surface area contributed by atoms with Gasteiger partial charge in [-0.2, -0.15) is 0 Å². The van der Waals surface area contributed by atoms with Crippen LogP contribution < -0.4 is 17.2 Å². The van der Waals surface area contributed by atoms with Crippen molar-refractivity contribution in [1.29, 1.82) is 0 Å². The van der Waals surface area contributed by atoms with Crippen molar-refractivity contribution in [3.8, 4) is 0 Å². The quantitative estimate of drug-likeness (QED) is 0.195. The van der Waals surface area contributed by atoms with Gasteiger partial charge in [-0.25, -0.2) is 0 Å². The molecule has 0 radical (unpaired) electrons. The van der Waals surface area contributed by atoms with Crippen LogP contribution in [-0.4, -0.2) is 54.3 Å². The molecule has 6 heteroatoms. The SMILES string of the molecule is CCCCCCCCCCCCC(N)(N)COC(=O)CN.[NaH]. The summed E-state index contributed by atoms with van der Waals surface area (Å²) in [5.41, 5.74) is 16.0. The number of unbranched alkanes of at least 4 members (excludes halogenated alkanes) is 9. The summed E-state index contributed by atoms with van der Waals surface area (Å²) >= 11 is 0. The first-order valence-electron chi connectivity index (χ1n) is 8.45. The van der Waals surface area contributed by atoms with Gasteiger partial charge in [0.1, 0.15) is 6.61 Å². The fraction of sp³-hybridized carbons (Fsp3) is 0.938. The van der Waals surface area contributed by atoms with E-state index in [0.717, 1.165) is 12.8 Å². The summed E-state index contributed by atoms with van der Waals surface area (Å²) in [6, 6.07) is 0. The molecular weight excluding hydrogens is 289 g/mol. The van der Waals surface area contributed by atoms with Crippen LogP contribution in [0.2, 0.25) is 0 Å². The van der Waals surface area contributed by atoms with Gasteiger partial charge in [-0.1, -0.05) is 71.1 Å². The van der Waals surface area contributed by atoms with Crippen LogP contribution in [-0.2, 0) is 9.53 Å². The first-order valence-corrected chi connectivity index (χ1v) is 8.45. The van der Waals surface area contributed by atoms with E-state index in [1.54, 1.807) is 0 Å². The zero-order valence-electron chi connectivity index (χ0n) is 13.7. The summed E-state index contributed by atoms with van der Waals surface area (Å²) in [6.07, 6.45) is 13.4. The van der Waals surface area contributed by atoms with Crippen LogP contribution in [0, 0.1) is 0 Å². The fourth-order valence-electron chi connectivity index (χ4n) is 2.29. The minimum atomic E-state index is -0.926. The maximum absolute atomic E-state index is 10.9. The molecule has 0 rings (SSSR count). The van der Waals surface area contributed by atoms with Gasteiger partial charge in [-0.15, -0.1) is 0 Å². The second kappa shape index (κ2) is 16.2. The van der Waals surface area contributed by atoms with Crippen LogP contribution >= 0.6 is 0 Å². The molecule has 0 aromatic carbocycles. The van der Waals surface area contributed by atoms with E-state index in [1.165, 1.54) is 51.4 Å². The second-order valence-electron chi connectivity index (χ2n) is 6.03. The van der Waals surface area contributed by atoms with E-state index >= 15 is 0 Å². The molecule has 0 bridgehead atoms. The first-order chi connectivity index (χ1) is 10.0. The molecule has 6 N–H and O–H groups in total. The molecule has 5 nitrogen and oxygen atoms in total. The van der Waals surface area contributed by atoms with Crippen LogP contribution in [0.1, 0.15) is 77.6 Å². The Morgan fingerprint density at radius 2 is 1.36 bits per heavy atom. The molecule has 0 aliphatic rings. The van der Waals surface area contributed by atoms with E-state index in [2.05, 4.69) is 6.92 Å². The van der Waals surface area contributed by atoms with Crippen molar-refractivity contribution in [2.24, 2.45) is 17.2 Å². The van der Waals surface area contributed by atoms with Crippen molar-refractivity contribution in [3.63, 3.8) is 0 Å². The summed E-state index contributed by atoms with van der Waals surface area (Å²) < 4.78 is 4.88. The summed E-state index contributed by atoms with van der Waals surface area (Å²) in [5, 5.41) is 0. The number of esters is 1. The maximum atomic E-state index is 10.9. The molecule has 0 saturated heterocycles. The molecule has 22 heavy (non-hydrogen) atoms. The Kier molecular flexibility index (Phi) is 18.1. The van der Waals surface area contributed by atoms with Crippen LogP contribution in [0.5, 0.6) is 0 Å².